The van der Waals surface area contributed by atoms with Crippen LogP contribution in [0.25, 0.3) is 0 Å². The molecule has 30 heavy (non-hydrogen) atoms. The van der Waals surface area contributed by atoms with E-state index >= 15 is 0 Å². The van der Waals surface area contributed by atoms with Gasteiger partial charge in [-0.25, -0.2) is 0 Å². The number of amides is 3. The number of likely N-dealkylation sites (tertiary alicyclic amines) is 1. The molecule has 2 heterocycles. The lowest BCUT2D eigenvalue weighted by Crippen LogP contribution is -2.43. The number of hydrogen-bond donors (Lipinski definition) is 0. The fourth-order valence-corrected chi connectivity index (χ4v) is 5.13. The minimum absolute atomic E-state index is 0.163. The molecule has 2 atom stereocenters. The molecule has 5 nitrogen and oxygen atoms in total. The summed E-state index contributed by atoms with van der Waals surface area (Å²) >= 11 is 1.67. The molecule has 0 radical (unpaired) electrons. The second-order valence-electron chi connectivity index (χ2n) is 7.98. The van der Waals surface area contributed by atoms with Gasteiger partial charge in [-0.3, -0.25) is 19.3 Å². The van der Waals surface area contributed by atoms with E-state index in [1.165, 1.54) is 9.78 Å². The molecular weight excluding hydrogens is 396 g/mol. The van der Waals surface area contributed by atoms with Crippen LogP contribution in [0.2, 0.25) is 0 Å². The minimum atomic E-state index is -0.298. The quantitative estimate of drug-likeness (QED) is 0.506. The fraction of sp³-hybridized carbons (Fsp3) is 0.375. The van der Waals surface area contributed by atoms with Crippen LogP contribution in [-0.4, -0.2) is 40.6 Å². The molecule has 6 heteroatoms. The van der Waals surface area contributed by atoms with Crippen molar-refractivity contribution in [2.45, 2.75) is 32.7 Å². The van der Waals surface area contributed by atoms with Crippen LogP contribution in [0.1, 0.15) is 28.2 Å². The maximum atomic E-state index is 13.2. The first-order chi connectivity index (χ1) is 14.5. The largest absolute Gasteiger partial charge is 0.336 e. The Morgan fingerprint density at radius 1 is 1.03 bits per heavy atom. The highest BCUT2D eigenvalue weighted by atomic mass is 32.1. The molecule has 2 unspecified atom stereocenters. The van der Waals surface area contributed by atoms with E-state index in [0.717, 1.165) is 16.9 Å². The highest BCUT2D eigenvalue weighted by molar-refractivity contribution is 7.11. The first-order valence-electron chi connectivity index (χ1n) is 10.4. The Hall–Kier alpha value is -2.73. The molecular formula is C24H26N2O3S. The number of fused-ring (bicyclic) bond motifs is 1. The molecule has 2 aliphatic rings. The van der Waals surface area contributed by atoms with Crippen LogP contribution in [0.15, 0.2) is 54.6 Å². The van der Waals surface area contributed by atoms with E-state index in [2.05, 4.69) is 0 Å². The lowest BCUT2D eigenvalue weighted by molar-refractivity contribution is -0.146. The molecule has 1 aromatic heterocycles. The summed E-state index contributed by atoms with van der Waals surface area (Å²) in [6, 6.07) is 14.1. The average Bonchev–Trinajstić information content (AvgIpc) is 3.28. The number of rotatable bonds is 7. The molecule has 1 aliphatic heterocycles. The van der Waals surface area contributed by atoms with Crippen molar-refractivity contribution in [3.8, 4) is 0 Å². The summed E-state index contributed by atoms with van der Waals surface area (Å²) < 4.78 is 0. The number of hydrogen-bond acceptors (Lipinski definition) is 4. The molecule has 1 fully saturated rings. The van der Waals surface area contributed by atoms with E-state index in [9.17, 15) is 14.4 Å². The third-order valence-electron chi connectivity index (χ3n) is 5.90. The summed E-state index contributed by atoms with van der Waals surface area (Å²) in [5.41, 5.74) is 1.16. The van der Waals surface area contributed by atoms with Gasteiger partial charge in [0.15, 0.2) is 0 Å². The Morgan fingerprint density at radius 2 is 1.70 bits per heavy atom. The summed E-state index contributed by atoms with van der Waals surface area (Å²) in [6.45, 7) is 2.92. The van der Waals surface area contributed by atoms with E-state index in [1.54, 1.807) is 16.2 Å². The SMILES string of the molecule is Cc1ccc(CN(CCc2ccccc2)C(=O)CN2C(=O)C3CC=CCC3C2=O)s1. The number of nitrogens with zero attached hydrogens (tertiary/aromatic N) is 2. The summed E-state index contributed by atoms with van der Waals surface area (Å²) in [6.07, 6.45) is 5.83. The van der Waals surface area contributed by atoms with Gasteiger partial charge in [-0.1, -0.05) is 42.5 Å². The molecule has 0 bridgehead atoms. The van der Waals surface area contributed by atoms with Gasteiger partial charge in [-0.15, -0.1) is 11.3 Å². The number of carbonyl (C=O) groups is 3. The van der Waals surface area contributed by atoms with Crippen molar-refractivity contribution in [3.05, 3.63) is 69.9 Å². The van der Waals surface area contributed by atoms with Gasteiger partial charge in [0, 0.05) is 16.3 Å². The van der Waals surface area contributed by atoms with Gasteiger partial charge < -0.3 is 4.90 Å². The Balaban J connectivity index is 1.47. The van der Waals surface area contributed by atoms with E-state index in [-0.39, 0.29) is 36.1 Å². The van der Waals surface area contributed by atoms with Crippen LogP contribution >= 0.6 is 11.3 Å². The van der Waals surface area contributed by atoms with Crippen molar-refractivity contribution in [1.29, 1.82) is 0 Å². The van der Waals surface area contributed by atoms with Gasteiger partial charge in [-0.2, -0.15) is 0 Å². The second-order valence-corrected chi connectivity index (χ2v) is 9.35. The summed E-state index contributed by atoms with van der Waals surface area (Å²) in [5.74, 6) is -1.17. The van der Waals surface area contributed by atoms with E-state index < -0.39 is 0 Å². The predicted molar refractivity (Wildman–Crippen MR) is 117 cm³/mol. The van der Waals surface area contributed by atoms with Gasteiger partial charge in [0.25, 0.3) is 0 Å². The second kappa shape index (κ2) is 8.96. The zero-order valence-corrected chi connectivity index (χ0v) is 17.9. The molecule has 0 spiro atoms. The van der Waals surface area contributed by atoms with Crippen molar-refractivity contribution >= 4 is 29.1 Å². The molecule has 1 saturated heterocycles. The van der Waals surface area contributed by atoms with Gasteiger partial charge in [0.2, 0.25) is 17.7 Å². The average molecular weight is 423 g/mol. The molecule has 3 amide bonds. The third kappa shape index (κ3) is 4.38. The first kappa shape index (κ1) is 20.5. The standard InChI is InChI=1S/C24H26N2O3S/c1-17-11-12-19(30-17)15-25(14-13-18-7-3-2-4-8-18)22(27)16-26-23(28)20-9-5-6-10-21(20)24(26)29/h2-8,11-12,20-21H,9-10,13-16H2,1H3. The van der Waals surface area contributed by atoms with Crippen molar-refractivity contribution in [2.75, 3.05) is 13.1 Å². The summed E-state index contributed by atoms with van der Waals surface area (Å²) in [7, 11) is 0. The fourth-order valence-electron chi connectivity index (χ4n) is 4.22. The van der Waals surface area contributed by atoms with Gasteiger partial charge in [-0.05, 0) is 43.9 Å². The number of benzene rings is 1. The zero-order chi connectivity index (χ0) is 21.1. The van der Waals surface area contributed by atoms with Crippen molar-refractivity contribution in [2.24, 2.45) is 11.8 Å². The van der Waals surface area contributed by atoms with Crippen LogP contribution in [0.5, 0.6) is 0 Å². The highest BCUT2D eigenvalue weighted by Crippen LogP contribution is 2.35. The maximum Gasteiger partial charge on any atom is 0.243 e. The smallest absolute Gasteiger partial charge is 0.243 e. The maximum absolute atomic E-state index is 13.2. The predicted octanol–water partition coefficient (Wildman–Crippen LogP) is 3.58. The van der Waals surface area contributed by atoms with Crippen LogP contribution in [0.4, 0.5) is 0 Å². The van der Waals surface area contributed by atoms with Crippen molar-refractivity contribution < 1.29 is 14.4 Å². The van der Waals surface area contributed by atoms with Crippen LogP contribution in [0, 0.1) is 18.8 Å². The summed E-state index contributed by atoms with van der Waals surface area (Å²) in [5, 5.41) is 0. The van der Waals surface area contributed by atoms with Crippen LogP contribution < -0.4 is 0 Å². The molecule has 0 N–H and O–H groups in total. The van der Waals surface area contributed by atoms with E-state index in [1.807, 2.05) is 61.5 Å². The monoisotopic (exact) mass is 422 g/mol. The van der Waals surface area contributed by atoms with Crippen LogP contribution in [0.3, 0.4) is 0 Å². The zero-order valence-electron chi connectivity index (χ0n) is 17.1. The molecule has 2 aromatic rings. The van der Waals surface area contributed by atoms with Crippen molar-refractivity contribution in [3.63, 3.8) is 0 Å². The third-order valence-corrected chi connectivity index (χ3v) is 6.89. The summed E-state index contributed by atoms with van der Waals surface area (Å²) in [4.78, 5) is 44.0. The minimum Gasteiger partial charge on any atom is -0.336 e. The van der Waals surface area contributed by atoms with Gasteiger partial charge >= 0.3 is 0 Å². The Bertz CT molecular complexity index is 940. The number of carbonyl (C=O) groups excluding carboxylic acids is 3. The Morgan fingerprint density at radius 3 is 2.30 bits per heavy atom. The van der Waals surface area contributed by atoms with Gasteiger partial charge in [0.05, 0.1) is 18.4 Å². The lowest BCUT2D eigenvalue weighted by Gasteiger charge is -2.25. The molecule has 4 rings (SSSR count). The number of thiophene rings is 1. The highest BCUT2D eigenvalue weighted by Gasteiger charge is 2.47. The molecule has 156 valence electrons. The number of aryl methyl sites for hydroxylation is 1. The molecule has 0 saturated carbocycles. The van der Waals surface area contributed by atoms with Crippen LogP contribution in [-0.2, 0) is 27.3 Å². The lowest BCUT2D eigenvalue weighted by atomic mass is 9.85. The first-order valence-corrected chi connectivity index (χ1v) is 11.2. The normalized spacial score (nSPS) is 20.5. The molecule has 1 aliphatic carbocycles. The Kier molecular flexibility index (Phi) is 6.13. The topological polar surface area (TPSA) is 57.7 Å². The van der Waals surface area contributed by atoms with E-state index in [4.69, 9.17) is 0 Å². The molecule has 1 aromatic carbocycles. The Labute approximate surface area is 181 Å². The van der Waals surface area contributed by atoms with Gasteiger partial charge in [0.1, 0.15) is 6.54 Å². The number of imide groups is 1. The number of allylic oxidation sites excluding steroid dienone is 2. The van der Waals surface area contributed by atoms with E-state index in [0.29, 0.717) is 25.9 Å². The van der Waals surface area contributed by atoms with Crippen molar-refractivity contribution in [1.82, 2.24) is 9.80 Å².